The molecule has 2 aliphatic heterocycles. The van der Waals surface area contributed by atoms with Gasteiger partial charge >= 0.3 is 0 Å². The van der Waals surface area contributed by atoms with E-state index in [2.05, 4.69) is 13.8 Å². The minimum absolute atomic E-state index is 0.177. The van der Waals surface area contributed by atoms with Crippen LogP contribution in [0.25, 0.3) is 6.08 Å². The highest BCUT2D eigenvalue weighted by molar-refractivity contribution is 6.32. The fraction of sp³-hybridized carbons (Fsp3) is 0.216. The second-order valence-corrected chi connectivity index (χ2v) is 12.0. The van der Waals surface area contributed by atoms with Gasteiger partial charge in [0.15, 0.2) is 17.3 Å². The molecule has 0 unspecified atom stereocenters. The van der Waals surface area contributed by atoms with Gasteiger partial charge in [0.05, 0.1) is 6.04 Å². The first-order valence-corrected chi connectivity index (χ1v) is 14.4. The molecule has 0 aromatic heterocycles. The Morgan fingerprint density at radius 1 is 0.833 bits per heavy atom. The van der Waals surface area contributed by atoms with Gasteiger partial charge in [-0.25, -0.2) is 4.39 Å². The maximum absolute atomic E-state index is 14.8. The number of ketones is 3. The lowest BCUT2D eigenvalue weighted by Gasteiger charge is -2.37. The van der Waals surface area contributed by atoms with E-state index in [1.165, 1.54) is 12.1 Å². The van der Waals surface area contributed by atoms with Crippen LogP contribution in [-0.4, -0.2) is 29.4 Å². The number of carbonyl (C=O) groups is 3. The van der Waals surface area contributed by atoms with E-state index in [9.17, 15) is 18.8 Å². The van der Waals surface area contributed by atoms with Crippen LogP contribution in [0.2, 0.25) is 0 Å². The molecular formula is C37H30FNO3. The molecule has 4 aromatic rings. The topological polar surface area (TPSA) is 54.5 Å². The minimum atomic E-state index is -1.59. The maximum Gasteiger partial charge on any atom is 0.185 e. The zero-order chi connectivity index (χ0) is 29.2. The fourth-order valence-electron chi connectivity index (χ4n) is 7.41. The molecule has 3 aliphatic rings. The summed E-state index contributed by atoms with van der Waals surface area (Å²) in [5, 5.41) is 0. The molecule has 0 radical (unpaired) electrons. The molecule has 1 spiro atoms. The van der Waals surface area contributed by atoms with E-state index in [0.29, 0.717) is 28.2 Å². The van der Waals surface area contributed by atoms with E-state index >= 15 is 0 Å². The smallest absolute Gasteiger partial charge is 0.185 e. The normalized spacial score (nSPS) is 21.5. The highest BCUT2D eigenvalue weighted by Crippen LogP contribution is 2.60. The molecular weight excluding hydrogens is 525 g/mol. The Labute approximate surface area is 244 Å². The van der Waals surface area contributed by atoms with Gasteiger partial charge in [-0.1, -0.05) is 105 Å². The number of carbonyl (C=O) groups excluding carboxylic acids is 3. The number of halogens is 1. The highest BCUT2D eigenvalue weighted by Gasteiger charge is 2.71. The number of anilines is 1. The monoisotopic (exact) mass is 555 g/mol. The Balaban J connectivity index is 1.48. The van der Waals surface area contributed by atoms with Crippen LogP contribution in [0.5, 0.6) is 0 Å². The van der Waals surface area contributed by atoms with Crippen molar-refractivity contribution in [2.75, 3.05) is 4.90 Å². The summed E-state index contributed by atoms with van der Waals surface area (Å²) in [5.74, 6) is -1.57. The second kappa shape index (κ2) is 9.73. The standard InChI is InChI=1S/C37H30FNO3/c1-22(2)21-23-11-13-26(14-12-23)34(40)33-32(25-15-18-27(38)19-16-25)37(35(41)28-8-4-5-9-29(28)36(37)42)31-20-17-24-7-3-6-10-30(24)39(31)33/h3-20,22,31-33H,21H2,1-2H3/t31-,32-,33-/m1/s1. The van der Waals surface area contributed by atoms with Gasteiger partial charge in [0, 0.05) is 28.3 Å². The van der Waals surface area contributed by atoms with Crippen molar-refractivity contribution in [3.63, 3.8) is 0 Å². The molecule has 2 heterocycles. The van der Waals surface area contributed by atoms with Gasteiger partial charge in [0.1, 0.15) is 17.3 Å². The van der Waals surface area contributed by atoms with Crippen LogP contribution in [0, 0.1) is 17.2 Å². The van der Waals surface area contributed by atoms with Crippen LogP contribution >= 0.6 is 0 Å². The summed E-state index contributed by atoms with van der Waals surface area (Å²) in [6.07, 6.45) is 4.74. The molecule has 208 valence electrons. The zero-order valence-corrected chi connectivity index (χ0v) is 23.5. The number of hydrogen-bond donors (Lipinski definition) is 0. The van der Waals surface area contributed by atoms with Crippen molar-refractivity contribution in [3.05, 3.63) is 142 Å². The number of nitrogens with zero attached hydrogens (tertiary/aromatic N) is 1. The lowest BCUT2D eigenvalue weighted by Crippen LogP contribution is -2.48. The molecule has 3 atom stereocenters. The average Bonchev–Trinajstić information content (AvgIpc) is 3.43. The molecule has 0 N–H and O–H groups in total. The van der Waals surface area contributed by atoms with E-state index in [1.807, 2.05) is 65.6 Å². The molecule has 1 saturated heterocycles. The molecule has 0 saturated carbocycles. The summed E-state index contributed by atoms with van der Waals surface area (Å²) in [7, 11) is 0. The maximum atomic E-state index is 14.8. The van der Waals surface area contributed by atoms with E-state index in [4.69, 9.17) is 0 Å². The third-order valence-electron chi connectivity index (χ3n) is 9.09. The fourth-order valence-corrected chi connectivity index (χ4v) is 7.41. The Hall–Kier alpha value is -4.64. The third kappa shape index (κ3) is 3.69. The lowest BCUT2D eigenvalue weighted by atomic mass is 9.64. The van der Waals surface area contributed by atoms with E-state index in [0.717, 1.165) is 23.2 Å². The molecule has 1 aliphatic carbocycles. The molecule has 5 heteroatoms. The van der Waals surface area contributed by atoms with Crippen molar-refractivity contribution in [1.29, 1.82) is 0 Å². The summed E-state index contributed by atoms with van der Waals surface area (Å²) in [6.45, 7) is 4.30. The van der Waals surface area contributed by atoms with Gasteiger partial charge in [-0.05, 0) is 47.2 Å². The highest BCUT2D eigenvalue weighted by atomic mass is 19.1. The predicted octanol–water partition coefficient (Wildman–Crippen LogP) is 7.34. The Kier molecular flexibility index (Phi) is 6.09. The summed E-state index contributed by atoms with van der Waals surface area (Å²) >= 11 is 0. The Morgan fingerprint density at radius 2 is 1.45 bits per heavy atom. The molecule has 4 aromatic carbocycles. The van der Waals surface area contributed by atoms with Gasteiger partial charge in [0.25, 0.3) is 0 Å². The molecule has 0 amide bonds. The van der Waals surface area contributed by atoms with Crippen molar-refractivity contribution in [1.82, 2.24) is 0 Å². The first kappa shape index (κ1) is 26.3. The number of Topliss-reactive ketones (excluding diaryl/α,β-unsaturated/α-hetero) is 3. The van der Waals surface area contributed by atoms with Gasteiger partial charge in [-0.2, -0.15) is 0 Å². The van der Waals surface area contributed by atoms with Crippen LogP contribution in [0.15, 0.2) is 103 Å². The third-order valence-corrected chi connectivity index (χ3v) is 9.09. The van der Waals surface area contributed by atoms with Crippen molar-refractivity contribution >= 4 is 29.1 Å². The zero-order valence-electron chi connectivity index (χ0n) is 23.5. The first-order valence-electron chi connectivity index (χ1n) is 14.4. The average molecular weight is 556 g/mol. The van der Waals surface area contributed by atoms with Crippen LogP contribution < -0.4 is 4.90 Å². The number of fused-ring (bicyclic) bond motifs is 5. The van der Waals surface area contributed by atoms with Gasteiger partial charge in [0.2, 0.25) is 0 Å². The number of rotatable bonds is 5. The van der Waals surface area contributed by atoms with Crippen LogP contribution in [0.3, 0.4) is 0 Å². The van der Waals surface area contributed by atoms with Crippen LogP contribution in [-0.2, 0) is 6.42 Å². The molecule has 0 bridgehead atoms. The van der Waals surface area contributed by atoms with Gasteiger partial charge in [-0.3, -0.25) is 14.4 Å². The molecule has 7 rings (SSSR count). The predicted molar refractivity (Wildman–Crippen MR) is 162 cm³/mol. The number of para-hydroxylation sites is 1. The van der Waals surface area contributed by atoms with Crippen LogP contribution in [0.1, 0.15) is 67.5 Å². The van der Waals surface area contributed by atoms with Crippen molar-refractivity contribution in [3.8, 4) is 0 Å². The molecule has 4 nitrogen and oxygen atoms in total. The quantitative estimate of drug-likeness (QED) is 0.191. The van der Waals surface area contributed by atoms with Gasteiger partial charge < -0.3 is 4.90 Å². The largest absolute Gasteiger partial charge is 0.352 e. The van der Waals surface area contributed by atoms with Crippen LogP contribution in [0.4, 0.5) is 10.1 Å². The first-order chi connectivity index (χ1) is 20.3. The summed E-state index contributed by atoms with van der Waals surface area (Å²) < 4.78 is 14.2. The Bertz CT molecular complexity index is 1730. The molecule has 42 heavy (non-hydrogen) atoms. The van der Waals surface area contributed by atoms with E-state index in [1.54, 1.807) is 36.4 Å². The lowest BCUT2D eigenvalue weighted by molar-refractivity contribution is 0.0666. The van der Waals surface area contributed by atoms with Crippen molar-refractivity contribution in [2.24, 2.45) is 11.3 Å². The summed E-state index contributed by atoms with van der Waals surface area (Å²) in [6, 6.07) is 26.6. The second-order valence-electron chi connectivity index (χ2n) is 12.0. The van der Waals surface area contributed by atoms with E-state index in [-0.39, 0.29) is 17.3 Å². The van der Waals surface area contributed by atoms with Crippen molar-refractivity contribution in [2.45, 2.75) is 38.3 Å². The van der Waals surface area contributed by atoms with E-state index < -0.39 is 29.2 Å². The minimum Gasteiger partial charge on any atom is -0.352 e. The van der Waals surface area contributed by atoms with Crippen molar-refractivity contribution < 1.29 is 18.8 Å². The number of hydrogen-bond acceptors (Lipinski definition) is 4. The SMILES string of the molecule is CC(C)Cc1ccc(C(=O)[C@H]2[C@@H](c3ccc(F)cc3)C3(C(=O)c4ccccc4C3=O)[C@H]3C=Cc4ccccc4N23)cc1. The Morgan fingerprint density at radius 3 is 2.10 bits per heavy atom. The van der Waals surface area contributed by atoms with Gasteiger partial charge in [-0.15, -0.1) is 0 Å². The number of benzene rings is 4. The summed E-state index contributed by atoms with van der Waals surface area (Å²) in [5.41, 5.74) is 3.08. The summed E-state index contributed by atoms with van der Waals surface area (Å²) in [4.78, 5) is 46.0. The molecule has 1 fully saturated rings.